The summed E-state index contributed by atoms with van der Waals surface area (Å²) in [5.41, 5.74) is 1.91. The largest absolute Gasteiger partial charge is 0.444 e. The van der Waals surface area contributed by atoms with Crippen LogP contribution in [0.4, 0.5) is 22.1 Å². The van der Waals surface area contributed by atoms with Gasteiger partial charge in [-0.25, -0.2) is 9.78 Å². The molecule has 2 N–H and O–H groups in total. The number of rotatable bonds is 6. The van der Waals surface area contributed by atoms with Crippen LogP contribution in [0.2, 0.25) is 23.3 Å². The predicted octanol–water partition coefficient (Wildman–Crippen LogP) is 6.26. The third-order valence-electron chi connectivity index (χ3n) is 7.56. The molecule has 1 saturated heterocycles. The molecule has 4 rings (SSSR count). The van der Waals surface area contributed by atoms with Crippen LogP contribution in [0.5, 0.6) is 0 Å². The van der Waals surface area contributed by atoms with E-state index in [4.69, 9.17) is 20.8 Å². The number of hydrogen-bond donors (Lipinski definition) is 2. The Kier molecular flexibility index (Phi) is 8.40. The lowest BCUT2D eigenvalue weighted by molar-refractivity contribution is 0.0336. The molecule has 0 aromatic carbocycles. The van der Waals surface area contributed by atoms with Gasteiger partial charge in [0, 0.05) is 25.2 Å². The van der Waals surface area contributed by atoms with E-state index in [1.165, 1.54) is 0 Å². The predicted molar refractivity (Wildman–Crippen MR) is 162 cm³/mol. The van der Waals surface area contributed by atoms with Crippen molar-refractivity contribution >= 4 is 48.9 Å². The molecule has 1 amide bonds. The standard InChI is InChI=1S/C28H42ClN7O3Si/c1-18-16-35(17-21(33-26(37)38-27(2,3)4)24(18)39-40(8,9)28(5,6)7)22-12-13-30-15-20(22)32-25-31-14-19-10-11-23(29)34-36(19)25/h10-15,18,21,24H,16-17H2,1-9H3,(H,31,32)(H,33,37)/t18-,21+,24+/m0/s1. The summed E-state index contributed by atoms with van der Waals surface area (Å²) in [6, 6.07) is 5.26. The van der Waals surface area contributed by atoms with Crippen LogP contribution in [0.15, 0.2) is 36.8 Å². The number of carbonyl (C=O) groups is 1. The Morgan fingerprint density at radius 3 is 2.50 bits per heavy atom. The molecule has 0 saturated carbocycles. The maximum atomic E-state index is 13.0. The van der Waals surface area contributed by atoms with Crippen LogP contribution < -0.4 is 15.5 Å². The van der Waals surface area contributed by atoms with E-state index in [9.17, 15) is 4.79 Å². The lowest BCUT2D eigenvalue weighted by Gasteiger charge is -2.48. The number of carbonyl (C=O) groups excluding carboxylic acids is 1. The zero-order valence-electron chi connectivity index (χ0n) is 24.9. The summed E-state index contributed by atoms with van der Waals surface area (Å²) in [5, 5.41) is 11.3. The normalized spacial score (nSPS) is 20.4. The van der Waals surface area contributed by atoms with E-state index in [1.807, 2.05) is 32.9 Å². The van der Waals surface area contributed by atoms with Crippen molar-refractivity contribution in [3.63, 3.8) is 0 Å². The highest BCUT2D eigenvalue weighted by Crippen LogP contribution is 2.40. The number of amides is 1. The molecule has 40 heavy (non-hydrogen) atoms. The molecule has 12 heteroatoms. The average Bonchev–Trinajstić information content (AvgIpc) is 3.21. The number of ether oxygens (including phenoxy) is 1. The van der Waals surface area contributed by atoms with Crippen LogP contribution in [0.3, 0.4) is 0 Å². The Balaban J connectivity index is 1.64. The molecule has 10 nitrogen and oxygen atoms in total. The highest BCUT2D eigenvalue weighted by Gasteiger charge is 2.45. The number of halogens is 1. The number of fused-ring (bicyclic) bond motifs is 1. The minimum absolute atomic E-state index is 0.0342. The van der Waals surface area contributed by atoms with Crippen LogP contribution in [-0.4, -0.2) is 64.8 Å². The zero-order chi connectivity index (χ0) is 29.5. The van der Waals surface area contributed by atoms with Gasteiger partial charge in [0.05, 0.1) is 41.4 Å². The molecular weight excluding hydrogens is 546 g/mol. The highest BCUT2D eigenvalue weighted by atomic mass is 35.5. The van der Waals surface area contributed by atoms with Crippen molar-refractivity contribution < 1.29 is 14.0 Å². The fourth-order valence-electron chi connectivity index (χ4n) is 4.59. The molecule has 3 aromatic rings. The van der Waals surface area contributed by atoms with Gasteiger partial charge in [0.25, 0.3) is 0 Å². The van der Waals surface area contributed by atoms with Gasteiger partial charge in [0.2, 0.25) is 5.95 Å². The quantitative estimate of drug-likeness (QED) is 0.325. The molecule has 3 aromatic heterocycles. The van der Waals surface area contributed by atoms with Crippen molar-refractivity contribution in [2.24, 2.45) is 5.92 Å². The lowest BCUT2D eigenvalue weighted by Crippen LogP contribution is -2.62. The number of nitrogens with one attached hydrogen (secondary N) is 2. The third-order valence-corrected chi connectivity index (χ3v) is 12.2. The monoisotopic (exact) mass is 587 g/mol. The fourth-order valence-corrected chi connectivity index (χ4v) is 6.16. The molecule has 0 radical (unpaired) electrons. The second-order valence-corrected chi connectivity index (χ2v) is 18.2. The summed E-state index contributed by atoms with van der Waals surface area (Å²) in [4.78, 5) is 24.1. The fraction of sp³-hybridized carbons (Fsp3) is 0.571. The number of aromatic nitrogens is 4. The molecule has 218 valence electrons. The van der Waals surface area contributed by atoms with E-state index in [-0.39, 0.29) is 23.1 Å². The SMILES string of the molecule is C[C@H]1CN(c2ccncc2Nc2ncc3ccc(Cl)nn23)C[C@@H](NC(=O)OC(C)(C)C)[C@@H]1O[Si](C)(C)C(C)(C)C. The molecule has 1 fully saturated rings. The molecule has 4 heterocycles. The minimum Gasteiger partial charge on any atom is -0.444 e. The summed E-state index contributed by atoms with van der Waals surface area (Å²) in [7, 11) is -2.12. The van der Waals surface area contributed by atoms with Crippen molar-refractivity contribution in [2.75, 3.05) is 23.3 Å². The Morgan fingerprint density at radius 2 is 1.82 bits per heavy atom. The molecule has 1 aliphatic heterocycles. The maximum Gasteiger partial charge on any atom is 0.408 e. The molecular formula is C28H42ClN7O3Si. The van der Waals surface area contributed by atoms with E-state index >= 15 is 0 Å². The summed E-state index contributed by atoms with van der Waals surface area (Å²) in [6.45, 7) is 20.2. The van der Waals surface area contributed by atoms with Gasteiger partial charge in [0.1, 0.15) is 10.8 Å². The summed E-state index contributed by atoms with van der Waals surface area (Å²) in [6.07, 6.45) is 4.65. The van der Waals surface area contributed by atoms with Crippen LogP contribution in [-0.2, 0) is 9.16 Å². The van der Waals surface area contributed by atoms with Gasteiger partial charge in [-0.1, -0.05) is 39.3 Å². The molecule has 0 spiro atoms. The topological polar surface area (TPSA) is 106 Å². The van der Waals surface area contributed by atoms with Gasteiger partial charge in [-0.05, 0) is 57.1 Å². The van der Waals surface area contributed by atoms with Crippen molar-refractivity contribution in [3.05, 3.63) is 41.9 Å². The van der Waals surface area contributed by atoms with Gasteiger partial charge >= 0.3 is 6.09 Å². The zero-order valence-corrected chi connectivity index (χ0v) is 26.7. The van der Waals surface area contributed by atoms with E-state index in [0.29, 0.717) is 17.6 Å². The van der Waals surface area contributed by atoms with Crippen molar-refractivity contribution in [1.82, 2.24) is 24.9 Å². The van der Waals surface area contributed by atoms with Crippen LogP contribution >= 0.6 is 11.6 Å². The third kappa shape index (κ3) is 6.87. The van der Waals surface area contributed by atoms with Gasteiger partial charge in [-0.3, -0.25) is 4.98 Å². The van der Waals surface area contributed by atoms with E-state index in [2.05, 4.69) is 71.4 Å². The molecule has 1 aliphatic rings. The van der Waals surface area contributed by atoms with Gasteiger partial charge in [0.15, 0.2) is 8.32 Å². The van der Waals surface area contributed by atoms with Crippen LogP contribution in [0.25, 0.3) is 5.52 Å². The number of alkyl carbamates (subject to hydrolysis) is 1. The number of pyridine rings is 1. The number of imidazole rings is 1. The Morgan fingerprint density at radius 1 is 1.10 bits per heavy atom. The lowest BCUT2D eigenvalue weighted by atomic mass is 9.92. The first-order chi connectivity index (χ1) is 18.5. The van der Waals surface area contributed by atoms with E-state index < -0.39 is 20.0 Å². The Hall–Kier alpha value is -2.89. The van der Waals surface area contributed by atoms with E-state index in [0.717, 1.165) is 23.4 Å². The second kappa shape index (κ2) is 11.2. The molecule has 0 unspecified atom stereocenters. The summed E-state index contributed by atoms with van der Waals surface area (Å²) in [5.74, 6) is 0.649. The first-order valence-electron chi connectivity index (χ1n) is 13.7. The van der Waals surface area contributed by atoms with Gasteiger partial charge in [-0.2, -0.15) is 9.61 Å². The first-order valence-corrected chi connectivity index (χ1v) is 17.0. The Labute approximate surface area is 242 Å². The first kappa shape index (κ1) is 30.1. The average molecular weight is 588 g/mol. The molecule has 0 bridgehead atoms. The smallest absolute Gasteiger partial charge is 0.408 e. The van der Waals surface area contributed by atoms with Crippen LogP contribution in [0.1, 0.15) is 48.5 Å². The summed E-state index contributed by atoms with van der Waals surface area (Å²) >= 11 is 6.14. The van der Waals surface area contributed by atoms with Gasteiger partial charge < -0.3 is 24.7 Å². The highest BCUT2D eigenvalue weighted by molar-refractivity contribution is 6.74. The molecule has 0 aliphatic carbocycles. The second-order valence-electron chi connectivity index (χ2n) is 13.1. The number of hydrogen-bond acceptors (Lipinski definition) is 8. The van der Waals surface area contributed by atoms with Crippen LogP contribution in [0, 0.1) is 5.92 Å². The number of nitrogens with zero attached hydrogens (tertiary/aromatic N) is 5. The molecule has 3 atom stereocenters. The van der Waals surface area contributed by atoms with Crippen molar-refractivity contribution in [1.29, 1.82) is 0 Å². The number of piperidine rings is 1. The minimum atomic E-state index is -2.12. The van der Waals surface area contributed by atoms with Crippen molar-refractivity contribution in [2.45, 2.75) is 84.3 Å². The Bertz CT molecular complexity index is 1350. The van der Waals surface area contributed by atoms with E-state index in [1.54, 1.807) is 29.2 Å². The van der Waals surface area contributed by atoms with Crippen molar-refractivity contribution in [3.8, 4) is 0 Å². The maximum absolute atomic E-state index is 13.0. The summed E-state index contributed by atoms with van der Waals surface area (Å²) < 4.78 is 14.2. The van der Waals surface area contributed by atoms with Gasteiger partial charge in [-0.15, -0.1) is 0 Å². The number of anilines is 3.